The highest BCUT2D eigenvalue weighted by Gasteiger charge is 2.66. The summed E-state index contributed by atoms with van der Waals surface area (Å²) in [5, 5.41) is 3.32. The quantitative estimate of drug-likeness (QED) is 0.800. The van der Waals surface area contributed by atoms with E-state index >= 15 is 0 Å². The Morgan fingerprint density at radius 3 is 2.53 bits per heavy atom. The lowest BCUT2D eigenvalue weighted by Crippen LogP contribution is -2.13. The average molecular weight is 237 g/mol. The largest absolute Gasteiger partial charge is 0.383 e. The fourth-order valence-corrected chi connectivity index (χ4v) is 2.78. The second-order valence-corrected chi connectivity index (χ2v) is 5.92. The molecule has 2 rings (SSSR count). The summed E-state index contributed by atoms with van der Waals surface area (Å²) < 4.78 is 7.30. The van der Waals surface area contributed by atoms with Gasteiger partial charge in [0.15, 0.2) is 0 Å². The Morgan fingerprint density at radius 2 is 2.00 bits per heavy atom. The minimum absolute atomic E-state index is 0.325. The number of nitrogens with one attached hydrogen (secondary N) is 1. The van der Waals surface area contributed by atoms with Gasteiger partial charge in [0.25, 0.3) is 0 Å². The van der Waals surface area contributed by atoms with Gasteiger partial charge in [-0.1, -0.05) is 27.7 Å². The van der Waals surface area contributed by atoms with Gasteiger partial charge in [0.05, 0.1) is 6.61 Å². The van der Waals surface area contributed by atoms with Crippen LogP contribution in [0.15, 0.2) is 12.4 Å². The molecule has 0 unspecified atom stereocenters. The summed E-state index contributed by atoms with van der Waals surface area (Å²) in [6, 6.07) is 0.516. The van der Waals surface area contributed by atoms with E-state index < -0.39 is 0 Å². The van der Waals surface area contributed by atoms with Gasteiger partial charge >= 0.3 is 0 Å². The minimum atomic E-state index is 0.325. The number of hydrogen-bond acceptors (Lipinski definition) is 3. The zero-order valence-electron chi connectivity index (χ0n) is 11.4. The second kappa shape index (κ2) is 4.02. The van der Waals surface area contributed by atoms with Gasteiger partial charge in [0.2, 0.25) is 5.95 Å². The zero-order chi connectivity index (χ0) is 12.7. The van der Waals surface area contributed by atoms with Crippen LogP contribution in [0.3, 0.4) is 0 Å². The van der Waals surface area contributed by atoms with Gasteiger partial charge in [-0.05, 0) is 10.8 Å². The second-order valence-electron chi connectivity index (χ2n) is 5.92. The first kappa shape index (κ1) is 12.4. The molecule has 1 aliphatic carbocycles. The molecule has 0 radical (unpaired) electrons. The zero-order valence-corrected chi connectivity index (χ0v) is 11.4. The van der Waals surface area contributed by atoms with E-state index in [2.05, 4.69) is 48.8 Å². The molecule has 0 atom stereocenters. The van der Waals surface area contributed by atoms with E-state index in [1.165, 1.54) is 0 Å². The van der Waals surface area contributed by atoms with Crippen LogP contribution in [0.4, 0.5) is 5.95 Å². The molecule has 4 heteroatoms. The van der Waals surface area contributed by atoms with Crippen LogP contribution in [0.2, 0.25) is 0 Å². The van der Waals surface area contributed by atoms with E-state index in [1.807, 2.05) is 6.20 Å². The van der Waals surface area contributed by atoms with Crippen LogP contribution < -0.4 is 5.32 Å². The van der Waals surface area contributed by atoms with Crippen molar-refractivity contribution in [2.75, 3.05) is 25.6 Å². The lowest BCUT2D eigenvalue weighted by atomic mass is 10.0. The Morgan fingerprint density at radius 1 is 1.35 bits per heavy atom. The van der Waals surface area contributed by atoms with Crippen molar-refractivity contribution in [1.29, 1.82) is 0 Å². The Kier molecular flexibility index (Phi) is 2.94. The predicted octanol–water partition coefficient (Wildman–Crippen LogP) is 2.55. The topological polar surface area (TPSA) is 39.1 Å². The van der Waals surface area contributed by atoms with Gasteiger partial charge < -0.3 is 14.6 Å². The van der Waals surface area contributed by atoms with Gasteiger partial charge in [-0.2, -0.15) is 0 Å². The summed E-state index contributed by atoms with van der Waals surface area (Å²) in [7, 11) is 1.71. The Balaban J connectivity index is 2.11. The van der Waals surface area contributed by atoms with E-state index in [0.29, 0.717) is 23.5 Å². The normalized spacial score (nSPS) is 21.5. The van der Waals surface area contributed by atoms with E-state index in [4.69, 9.17) is 4.74 Å². The SMILES string of the molecule is COCCNc1nccn1C1C(C)(C)C1(C)C. The predicted molar refractivity (Wildman–Crippen MR) is 69.2 cm³/mol. The Hall–Kier alpha value is -1.03. The molecule has 0 aliphatic heterocycles. The number of hydrogen-bond donors (Lipinski definition) is 1. The maximum atomic E-state index is 5.04. The van der Waals surface area contributed by atoms with E-state index in [0.717, 1.165) is 12.5 Å². The molecular weight excluding hydrogens is 214 g/mol. The molecule has 0 saturated heterocycles. The summed E-state index contributed by atoms with van der Waals surface area (Å²) in [5.74, 6) is 0.950. The van der Waals surface area contributed by atoms with Crippen LogP contribution in [-0.4, -0.2) is 29.8 Å². The third kappa shape index (κ3) is 1.84. The van der Waals surface area contributed by atoms with Crippen LogP contribution in [0.1, 0.15) is 33.7 Å². The molecule has 0 aromatic carbocycles. The number of ether oxygens (including phenoxy) is 1. The summed E-state index contributed by atoms with van der Waals surface area (Å²) in [6.45, 7) is 10.8. The third-order valence-corrected chi connectivity index (χ3v) is 4.48. The van der Waals surface area contributed by atoms with Crippen molar-refractivity contribution in [3.63, 3.8) is 0 Å². The van der Waals surface area contributed by atoms with Crippen molar-refractivity contribution < 1.29 is 4.74 Å². The fraction of sp³-hybridized carbons (Fsp3) is 0.769. The summed E-state index contributed by atoms with van der Waals surface area (Å²) >= 11 is 0. The lowest BCUT2D eigenvalue weighted by Gasteiger charge is -2.11. The van der Waals surface area contributed by atoms with Crippen LogP contribution in [0, 0.1) is 10.8 Å². The van der Waals surface area contributed by atoms with Crippen molar-refractivity contribution in [2.24, 2.45) is 10.8 Å². The molecule has 1 fully saturated rings. The molecule has 17 heavy (non-hydrogen) atoms. The number of aromatic nitrogens is 2. The molecule has 4 nitrogen and oxygen atoms in total. The summed E-state index contributed by atoms with van der Waals surface area (Å²) in [6.07, 6.45) is 3.93. The van der Waals surface area contributed by atoms with Crippen LogP contribution in [-0.2, 0) is 4.74 Å². The van der Waals surface area contributed by atoms with Gasteiger partial charge in [-0.3, -0.25) is 0 Å². The lowest BCUT2D eigenvalue weighted by molar-refractivity contribution is 0.210. The number of anilines is 1. The van der Waals surface area contributed by atoms with Crippen LogP contribution in [0.5, 0.6) is 0 Å². The highest BCUT2D eigenvalue weighted by Crippen LogP contribution is 2.71. The smallest absolute Gasteiger partial charge is 0.203 e. The van der Waals surface area contributed by atoms with Crippen molar-refractivity contribution in [3.8, 4) is 0 Å². The molecule has 1 aromatic heterocycles. The Labute approximate surface area is 103 Å². The first-order chi connectivity index (χ1) is 7.93. The van der Waals surface area contributed by atoms with E-state index in [1.54, 1.807) is 7.11 Å². The highest BCUT2D eigenvalue weighted by atomic mass is 16.5. The maximum Gasteiger partial charge on any atom is 0.203 e. The van der Waals surface area contributed by atoms with Crippen LogP contribution >= 0.6 is 0 Å². The molecular formula is C13H23N3O. The number of nitrogens with zero attached hydrogens (tertiary/aromatic N) is 2. The number of rotatable bonds is 5. The number of imidazole rings is 1. The third-order valence-electron chi connectivity index (χ3n) is 4.48. The summed E-state index contributed by atoms with van der Waals surface area (Å²) in [4.78, 5) is 4.38. The van der Waals surface area contributed by atoms with E-state index in [9.17, 15) is 0 Å². The minimum Gasteiger partial charge on any atom is -0.383 e. The number of methoxy groups -OCH3 is 1. The van der Waals surface area contributed by atoms with Gasteiger partial charge in [0.1, 0.15) is 0 Å². The molecule has 0 amide bonds. The molecule has 1 aromatic rings. The molecule has 1 aliphatic rings. The van der Waals surface area contributed by atoms with Gasteiger partial charge in [-0.25, -0.2) is 4.98 Å². The highest BCUT2D eigenvalue weighted by molar-refractivity contribution is 5.32. The van der Waals surface area contributed by atoms with Crippen molar-refractivity contribution >= 4 is 5.95 Å². The van der Waals surface area contributed by atoms with Crippen molar-refractivity contribution in [1.82, 2.24) is 9.55 Å². The maximum absolute atomic E-state index is 5.04. The molecule has 96 valence electrons. The summed E-state index contributed by atoms with van der Waals surface area (Å²) in [5.41, 5.74) is 0.650. The first-order valence-corrected chi connectivity index (χ1v) is 6.18. The Bertz CT molecular complexity index is 381. The molecule has 0 spiro atoms. The van der Waals surface area contributed by atoms with Crippen LogP contribution in [0.25, 0.3) is 0 Å². The molecule has 1 N–H and O–H groups in total. The molecule has 1 saturated carbocycles. The molecule has 1 heterocycles. The first-order valence-electron chi connectivity index (χ1n) is 6.18. The van der Waals surface area contributed by atoms with Crippen molar-refractivity contribution in [2.45, 2.75) is 33.7 Å². The monoisotopic (exact) mass is 237 g/mol. The molecule has 0 bridgehead atoms. The van der Waals surface area contributed by atoms with Crippen molar-refractivity contribution in [3.05, 3.63) is 12.4 Å². The fourth-order valence-electron chi connectivity index (χ4n) is 2.78. The average Bonchev–Trinajstić information content (AvgIpc) is 2.60. The van der Waals surface area contributed by atoms with Gasteiger partial charge in [-0.15, -0.1) is 0 Å². The van der Waals surface area contributed by atoms with Gasteiger partial charge in [0, 0.05) is 32.1 Å². The van der Waals surface area contributed by atoms with E-state index in [-0.39, 0.29) is 0 Å². The standard InChI is InChI=1S/C13H23N3O/c1-12(2)10(13(12,3)4)16-8-6-14-11(16)15-7-9-17-5/h6,8,10H,7,9H2,1-5H3,(H,14,15).